The van der Waals surface area contributed by atoms with Gasteiger partial charge in [-0.1, -0.05) is 31.5 Å². The van der Waals surface area contributed by atoms with E-state index in [0.717, 1.165) is 17.3 Å². The third kappa shape index (κ3) is 2.11. The lowest BCUT2D eigenvalue weighted by Gasteiger charge is -2.10. The fraction of sp³-hybridized carbons (Fsp3) is 0.471. The van der Waals surface area contributed by atoms with Crippen LogP contribution in [-0.4, -0.2) is 9.55 Å². The zero-order valence-corrected chi connectivity index (χ0v) is 12.8. The van der Waals surface area contributed by atoms with Crippen LogP contribution in [0.3, 0.4) is 0 Å². The number of hydrogen-bond donors (Lipinski definition) is 1. The Morgan fingerprint density at radius 3 is 2.55 bits per heavy atom. The van der Waals surface area contributed by atoms with E-state index >= 15 is 0 Å². The average Bonchev–Trinajstić information content (AvgIpc) is 3.16. The van der Waals surface area contributed by atoms with Gasteiger partial charge in [0.05, 0.1) is 0 Å². The smallest absolute Gasteiger partial charge is 0.132 e. The lowest BCUT2D eigenvalue weighted by Crippen LogP contribution is -2.06. The molecule has 0 amide bonds. The standard InChI is InChI=1S/C17H23N3/c1-10(2)17-19-15(16(18)20(17)13-7-8-13)14-9-11(3)5-6-12(14)4/h5-6,9-10,13H,7-8,18H2,1-4H3. The Morgan fingerprint density at radius 2 is 1.95 bits per heavy atom. The monoisotopic (exact) mass is 269 g/mol. The number of anilines is 1. The third-order valence-electron chi connectivity index (χ3n) is 4.05. The molecule has 1 heterocycles. The van der Waals surface area contributed by atoms with Gasteiger partial charge in [-0.05, 0) is 38.3 Å². The first-order valence-corrected chi connectivity index (χ1v) is 7.44. The van der Waals surface area contributed by atoms with E-state index in [0.29, 0.717) is 12.0 Å². The summed E-state index contributed by atoms with van der Waals surface area (Å²) in [4.78, 5) is 4.88. The number of hydrogen-bond acceptors (Lipinski definition) is 2. The van der Waals surface area contributed by atoms with Crippen molar-refractivity contribution in [2.24, 2.45) is 0 Å². The van der Waals surface area contributed by atoms with Crippen molar-refractivity contribution in [3.05, 3.63) is 35.2 Å². The van der Waals surface area contributed by atoms with E-state index in [4.69, 9.17) is 10.7 Å². The number of imidazole rings is 1. The van der Waals surface area contributed by atoms with Crippen LogP contribution >= 0.6 is 0 Å². The zero-order chi connectivity index (χ0) is 14.4. The van der Waals surface area contributed by atoms with Gasteiger partial charge in [0.25, 0.3) is 0 Å². The second-order valence-electron chi connectivity index (χ2n) is 6.28. The number of aromatic nitrogens is 2. The summed E-state index contributed by atoms with van der Waals surface area (Å²) >= 11 is 0. The van der Waals surface area contributed by atoms with Gasteiger partial charge in [-0.2, -0.15) is 0 Å². The molecule has 3 heteroatoms. The summed E-state index contributed by atoms with van der Waals surface area (Å²) in [6.07, 6.45) is 2.46. The Kier molecular flexibility index (Phi) is 3.08. The molecule has 1 aliphatic carbocycles. The van der Waals surface area contributed by atoms with Crippen molar-refractivity contribution >= 4 is 5.82 Å². The van der Waals surface area contributed by atoms with Crippen molar-refractivity contribution < 1.29 is 0 Å². The Labute approximate surface area is 120 Å². The molecule has 1 aromatic heterocycles. The fourth-order valence-electron chi connectivity index (χ4n) is 2.78. The summed E-state index contributed by atoms with van der Waals surface area (Å²) < 4.78 is 2.27. The van der Waals surface area contributed by atoms with Gasteiger partial charge in [0.1, 0.15) is 17.3 Å². The molecular weight excluding hydrogens is 246 g/mol. The highest BCUT2D eigenvalue weighted by Gasteiger charge is 2.31. The number of benzene rings is 1. The molecule has 1 aromatic carbocycles. The van der Waals surface area contributed by atoms with Crippen LogP contribution in [0.2, 0.25) is 0 Å². The molecule has 0 radical (unpaired) electrons. The van der Waals surface area contributed by atoms with Gasteiger partial charge < -0.3 is 10.3 Å². The SMILES string of the molecule is Cc1ccc(C)c(-c2nc(C(C)C)n(C3CC3)c2N)c1. The van der Waals surface area contributed by atoms with Gasteiger partial charge in [-0.25, -0.2) is 4.98 Å². The van der Waals surface area contributed by atoms with Crippen molar-refractivity contribution in [1.82, 2.24) is 9.55 Å². The molecular formula is C17H23N3. The Hall–Kier alpha value is -1.77. The van der Waals surface area contributed by atoms with E-state index < -0.39 is 0 Å². The van der Waals surface area contributed by atoms with Crippen molar-refractivity contribution in [2.45, 2.75) is 52.5 Å². The number of rotatable bonds is 3. The van der Waals surface area contributed by atoms with Crippen molar-refractivity contribution in [3.8, 4) is 11.3 Å². The van der Waals surface area contributed by atoms with Crippen LogP contribution in [0.4, 0.5) is 5.82 Å². The average molecular weight is 269 g/mol. The van der Waals surface area contributed by atoms with Gasteiger partial charge in [0, 0.05) is 17.5 Å². The van der Waals surface area contributed by atoms with Crippen LogP contribution in [0.1, 0.15) is 55.6 Å². The maximum atomic E-state index is 6.43. The summed E-state index contributed by atoms with van der Waals surface area (Å²) in [5.74, 6) is 2.36. The summed E-state index contributed by atoms with van der Waals surface area (Å²) in [5.41, 5.74) is 11.0. The van der Waals surface area contributed by atoms with Crippen LogP contribution in [0.15, 0.2) is 18.2 Å². The molecule has 2 N–H and O–H groups in total. The summed E-state index contributed by atoms with van der Waals surface area (Å²) in [6, 6.07) is 7.04. The van der Waals surface area contributed by atoms with Crippen LogP contribution in [0.5, 0.6) is 0 Å². The molecule has 0 spiro atoms. The van der Waals surface area contributed by atoms with E-state index in [2.05, 4.69) is 50.5 Å². The second kappa shape index (κ2) is 4.65. The zero-order valence-electron chi connectivity index (χ0n) is 12.8. The van der Waals surface area contributed by atoms with Gasteiger partial charge in [-0.3, -0.25) is 0 Å². The molecule has 0 atom stereocenters. The highest BCUT2D eigenvalue weighted by molar-refractivity contribution is 5.74. The molecule has 1 saturated carbocycles. The first-order valence-electron chi connectivity index (χ1n) is 7.44. The molecule has 0 saturated heterocycles. The van der Waals surface area contributed by atoms with Crippen molar-refractivity contribution in [1.29, 1.82) is 0 Å². The molecule has 0 aliphatic heterocycles. The van der Waals surface area contributed by atoms with E-state index in [1.54, 1.807) is 0 Å². The predicted octanol–water partition coefficient (Wildman–Crippen LogP) is 4.21. The van der Waals surface area contributed by atoms with E-state index in [1.165, 1.54) is 29.5 Å². The Balaban J connectivity index is 2.19. The van der Waals surface area contributed by atoms with E-state index in [1.807, 2.05) is 0 Å². The van der Waals surface area contributed by atoms with Gasteiger partial charge in [-0.15, -0.1) is 0 Å². The summed E-state index contributed by atoms with van der Waals surface area (Å²) in [7, 11) is 0. The summed E-state index contributed by atoms with van der Waals surface area (Å²) in [5, 5.41) is 0. The van der Waals surface area contributed by atoms with Crippen molar-refractivity contribution in [3.63, 3.8) is 0 Å². The molecule has 3 nitrogen and oxygen atoms in total. The van der Waals surface area contributed by atoms with Gasteiger partial charge >= 0.3 is 0 Å². The lowest BCUT2D eigenvalue weighted by molar-refractivity contribution is 0.646. The van der Waals surface area contributed by atoms with E-state index in [9.17, 15) is 0 Å². The van der Waals surface area contributed by atoms with Crippen LogP contribution in [-0.2, 0) is 0 Å². The van der Waals surface area contributed by atoms with Crippen LogP contribution in [0.25, 0.3) is 11.3 Å². The maximum absolute atomic E-state index is 6.43. The molecule has 1 fully saturated rings. The minimum atomic E-state index is 0.400. The summed E-state index contributed by atoms with van der Waals surface area (Å²) in [6.45, 7) is 8.61. The second-order valence-corrected chi connectivity index (χ2v) is 6.28. The molecule has 20 heavy (non-hydrogen) atoms. The first-order chi connectivity index (χ1) is 9.49. The molecule has 106 valence electrons. The minimum Gasteiger partial charge on any atom is -0.383 e. The number of nitrogen functional groups attached to an aromatic ring is 1. The molecule has 3 rings (SSSR count). The molecule has 0 bridgehead atoms. The topological polar surface area (TPSA) is 43.8 Å². The largest absolute Gasteiger partial charge is 0.383 e. The maximum Gasteiger partial charge on any atom is 0.132 e. The predicted molar refractivity (Wildman–Crippen MR) is 83.9 cm³/mol. The third-order valence-corrected chi connectivity index (χ3v) is 4.05. The Morgan fingerprint density at radius 1 is 1.25 bits per heavy atom. The van der Waals surface area contributed by atoms with Crippen molar-refractivity contribution in [2.75, 3.05) is 5.73 Å². The number of aryl methyl sites for hydroxylation is 2. The fourth-order valence-corrected chi connectivity index (χ4v) is 2.78. The molecule has 2 aromatic rings. The number of nitrogens with zero attached hydrogens (tertiary/aromatic N) is 2. The quantitative estimate of drug-likeness (QED) is 0.907. The normalized spacial score (nSPS) is 15.1. The minimum absolute atomic E-state index is 0.400. The Bertz CT molecular complexity index is 648. The van der Waals surface area contributed by atoms with Gasteiger partial charge in [0.2, 0.25) is 0 Å². The molecule has 0 unspecified atom stereocenters. The van der Waals surface area contributed by atoms with Gasteiger partial charge in [0.15, 0.2) is 0 Å². The highest BCUT2D eigenvalue weighted by atomic mass is 15.2. The van der Waals surface area contributed by atoms with Crippen LogP contribution in [0, 0.1) is 13.8 Å². The number of nitrogens with two attached hydrogens (primary N) is 1. The van der Waals surface area contributed by atoms with E-state index in [-0.39, 0.29) is 0 Å². The highest BCUT2D eigenvalue weighted by Crippen LogP contribution is 2.42. The first kappa shape index (κ1) is 13.2. The van der Waals surface area contributed by atoms with Crippen LogP contribution < -0.4 is 5.73 Å². The lowest BCUT2D eigenvalue weighted by atomic mass is 10.0. The molecule has 1 aliphatic rings.